The summed E-state index contributed by atoms with van der Waals surface area (Å²) < 4.78 is 52.6. The second kappa shape index (κ2) is 18.1. The molecule has 0 aromatic heterocycles. The number of carbonyl (C=O) groups is 2. The zero-order valence-electron chi connectivity index (χ0n) is 33.9. The highest BCUT2D eigenvalue weighted by atomic mass is 32.2. The van der Waals surface area contributed by atoms with Crippen molar-refractivity contribution in [2.24, 2.45) is 17.8 Å². The number of likely N-dealkylation sites (tertiary alicyclic amines) is 2. The SMILES string of the molecule is COC(=O)N[C@H]1CCC[C@@H]1[C@](CN1CCOCC1)(c1cccc(F)c1)C1CCN(CC2CN(c3ccc(S(=O)(=O)C4CN(C(=O)/C=C/CN(C)C)C4)cc3)C2)CC1. The Balaban J connectivity index is 0.960. The van der Waals surface area contributed by atoms with Crippen LogP contribution in [-0.4, -0.2) is 158 Å². The van der Waals surface area contributed by atoms with Gasteiger partial charge in [-0.15, -0.1) is 0 Å². The van der Waals surface area contributed by atoms with Gasteiger partial charge in [0.15, 0.2) is 9.84 Å². The summed E-state index contributed by atoms with van der Waals surface area (Å²) in [5.41, 5.74) is 1.71. The zero-order valence-corrected chi connectivity index (χ0v) is 34.7. The Morgan fingerprint density at radius 3 is 2.35 bits per heavy atom. The number of benzene rings is 2. The van der Waals surface area contributed by atoms with Gasteiger partial charge in [0, 0.05) is 88.0 Å². The van der Waals surface area contributed by atoms with Gasteiger partial charge in [-0.1, -0.05) is 24.6 Å². The van der Waals surface area contributed by atoms with Crippen LogP contribution >= 0.6 is 0 Å². The van der Waals surface area contributed by atoms with E-state index < -0.39 is 21.2 Å². The maximum Gasteiger partial charge on any atom is 0.407 e. The number of likely N-dealkylation sites (N-methyl/N-ethyl adjacent to an activating group) is 1. The van der Waals surface area contributed by atoms with Crippen LogP contribution in [-0.2, 0) is 29.5 Å². The van der Waals surface area contributed by atoms with E-state index in [2.05, 4.69) is 26.1 Å². The van der Waals surface area contributed by atoms with Crippen molar-refractivity contribution in [3.8, 4) is 0 Å². The fraction of sp³-hybridized carbons (Fsp3) is 0.628. The molecule has 0 spiro atoms. The molecule has 2 aromatic carbocycles. The van der Waals surface area contributed by atoms with Gasteiger partial charge in [-0.05, 0) is 107 Å². The molecule has 14 heteroatoms. The van der Waals surface area contributed by atoms with E-state index in [0.717, 1.165) is 95.7 Å². The highest BCUT2D eigenvalue weighted by molar-refractivity contribution is 7.92. The minimum Gasteiger partial charge on any atom is -0.453 e. The lowest BCUT2D eigenvalue weighted by Crippen LogP contribution is -2.59. The Kier molecular flexibility index (Phi) is 13.2. The lowest BCUT2D eigenvalue weighted by Gasteiger charge is -2.53. The molecular formula is C43H61FN6O6S. The molecule has 5 aliphatic rings. The third kappa shape index (κ3) is 9.35. The molecule has 57 heavy (non-hydrogen) atoms. The Hall–Kier alpha value is -3.56. The summed E-state index contributed by atoms with van der Waals surface area (Å²) >= 11 is 0. The van der Waals surface area contributed by atoms with E-state index in [1.54, 1.807) is 29.2 Å². The van der Waals surface area contributed by atoms with Gasteiger partial charge in [0.2, 0.25) is 5.91 Å². The molecule has 0 radical (unpaired) electrons. The smallest absolute Gasteiger partial charge is 0.407 e. The molecule has 1 saturated carbocycles. The molecule has 4 heterocycles. The van der Waals surface area contributed by atoms with Crippen molar-refractivity contribution in [1.82, 2.24) is 24.9 Å². The van der Waals surface area contributed by atoms with Crippen LogP contribution in [0.5, 0.6) is 0 Å². The first-order valence-corrected chi connectivity index (χ1v) is 22.3. The molecule has 12 nitrogen and oxygen atoms in total. The lowest BCUT2D eigenvalue weighted by molar-refractivity contribution is -0.129. The van der Waals surface area contributed by atoms with E-state index in [4.69, 9.17) is 9.47 Å². The molecule has 1 N–H and O–H groups in total. The molecule has 1 aliphatic carbocycles. The van der Waals surface area contributed by atoms with Crippen LogP contribution in [0.25, 0.3) is 0 Å². The summed E-state index contributed by atoms with van der Waals surface area (Å²) in [5, 5.41) is 2.61. The summed E-state index contributed by atoms with van der Waals surface area (Å²) in [6.45, 7) is 9.71. The first kappa shape index (κ1) is 41.6. The van der Waals surface area contributed by atoms with Gasteiger partial charge in [0.1, 0.15) is 11.1 Å². The van der Waals surface area contributed by atoms with E-state index in [9.17, 15) is 18.0 Å². The summed E-state index contributed by atoms with van der Waals surface area (Å²) in [7, 11) is 1.74. The molecule has 7 rings (SSSR count). The number of halogens is 1. The predicted molar refractivity (Wildman–Crippen MR) is 219 cm³/mol. The number of rotatable bonds is 14. The highest BCUT2D eigenvalue weighted by Crippen LogP contribution is 2.51. The van der Waals surface area contributed by atoms with Crippen LogP contribution in [0.4, 0.5) is 14.9 Å². The first-order chi connectivity index (χ1) is 27.5. The number of hydrogen-bond donors (Lipinski definition) is 1. The fourth-order valence-corrected chi connectivity index (χ4v) is 11.8. The molecule has 0 unspecified atom stereocenters. The molecule has 2 amide bonds. The first-order valence-electron chi connectivity index (χ1n) is 20.8. The van der Waals surface area contributed by atoms with E-state index in [0.29, 0.717) is 36.5 Å². The van der Waals surface area contributed by atoms with Crippen molar-refractivity contribution < 1.29 is 31.9 Å². The Bertz CT molecular complexity index is 1820. The number of ether oxygens (including phenoxy) is 2. The zero-order chi connectivity index (χ0) is 40.2. The number of methoxy groups -OCH3 is 1. The predicted octanol–water partition coefficient (Wildman–Crippen LogP) is 3.87. The number of amides is 2. The number of piperidine rings is 1. The fourth-order valence-electron chi connectivity index (χ4n) is 10.2. The summed E-state index contributed by atoms with van der Waals surface area (Å²) in [6.07, 6.45) is 7.75. The molecule has 5 fully saturated rings. The van der Waals surface area contributed by atoms with Crippen molar-refractivity contribution in [2.45, 2.75) is 53.7 Å². The second-order valence-electron chi connectivity index (χ2n) is 17.1. The minimum absolute atomic E-state index is 0.0464. The number of nitrogens with one attached hydrogen (secondary N) is 1. The van der Waals surface area contributed by atoms with Crippen LogP contribution in [0, 0.1) is 23.6 Å². The molecule has 4 aliphatic heterocycles. The number of hydrogen-bond acceptors (Lipinski definition) is 10. The Morgan fingerprint density at radius 1 is 0.965 bits per heavy atom. The van der Waals surface area contributed by atoms with E-state index in [-0.39, 0.29) is 42.2 Å². The number of sulfone groups is 1. The van der Waals surface area contributed by atoms with Gasteiger partial charge in [0.05, 0.1) is 25.2 Å². The van der Waals surface area contributed by atoms with Gasteiger partial charge in [-0.25, -0.2) is 17.6 Å². The van der Waals surface area contributed by atoms with Gasteiger partial charge in [-0.2, -0.15) is 0 Å². The topological polar surface area (TPSA) is 115 Å². The van der Waals surface area contributed by atoms with Crippen molar-refractivity contribution in [3.63, 3.8) is 0 Å². The monoisotopic (exact) mass is 808 g/mol. The number of alkyl carbamates (subject to hydrolysis) is 1. The molecule has 312 valence electrons. The van der Waals surface area contributed by atoms with Gasteiger partial charge < -0.3 is 34.4 Å². The molecular weight excluding hydrogens is 748 g/mol. The third-order valence-corrected chi connectivity index (χ3v) is 15.4. The van der Waals surface area contributed by atoms with Gasteiger partial charge in [-0.3, -0.25) is 9.69 Å². The summed E-state index contributed by atoms with van der Waals surface area (Å²) in [4.78, 5) is 36.2. The quantitative estimate of drug-likeness (QED) is 0.283. The highest BCUT2D eigenvalue weighted by Gasteiger charge is 2.53. The Morgan fingerprint density at radius 2 is 1.68 bits per heavy atom. The largest absolute Gasteiger partial charge is 0.453 e. The number of nitrogens with zero attached hydrogens (tertiary/aromatic N) is 5. The van der Waals surface area contributed by atoms with E-state index in [1.807, 2.05) is 37.2 Å². The summed E-state index contributed by atoms with van der Waals surface area (Å²) in [5.74, 6) is 0.597. The second-order valence-corrected chi connectivity index (χ2v) is 19.4. The normalized spacial score (nSPS) is 24.4. The number of anilines is 1. The van der Waals surface area contributed by atoms with E-state index >= 15 is 4.39 Å². The van der Waals surface area contributed by atoms with Crippen LogP contribution in [0.1, 0.15) is 37.7 Å². The van der Waals surface area contributed by atoms with Crippen molar-refractivity contribution in [1.29, 1.82) is 0 Å². The average Bonchev–Trinajstić information content (AvgIpc) is 3.63. The molecule has 4 saturated heterocycles. The van der Waals surface area contributed by atoms with Gasteiger partial charge in [0.25, 0.3) is 0 Å². The standard InChI is InChI=1S/C43H61FN6O6S/c1-46(2)18-6-11-41(51)50-29-38(30-50)57(53,54)37-14-12-36(13-15-37)49-27-32(28-49)26-47-19-16-33(17-20-47)43(31-48-21-23-56-24-22-48,34-7-4-8-35(44)25-34)39-9-5-10-40(39)45-42(52)55-3/h4,6-8,11-15,25,32-33,38-40H,5,9-10,16-24,26-31H2,1-3H3,(H,45,52)/b11-6+/t39-,40-,43-/m0/s1. The van der Waals surface area contributed by atoms with Crippen LogP contribution in [0.2, 0.25) is 0 Å². The van der Waals surface area contributed by atoms with Crippen molar-refractivity contribution >= 4 is 27.5 Å². The molecule has 3 atom stereocenters. The molecule has 2 aromatic rings. The minimum atomic E-state index is -3.53. The van der Waals surface area contributed by atoms with Crippen molar-refractivity contribution in [2.75, 3.05) is 111 Å². The molecule has 0 bridgehead atoms. The van der Waals surface area contributed by atoms with Crippen LogP contribution < -0.4 is 10.2 Å². The number of morpholine rings is 1. The van der Waals surface area contributed by atoms with Crippen LogP contribution in [0.3, 0.4) is 0 Å². The number of carbonyl (C=O) groups excluding carboxylic acids is 2. The summed E-state index contributed by atoms with van der Waals surface area (Å²) in [6, 6.07) is 14.4. The maximum atomic E-state index is 15.1. The van der Waals surface area contributed by atoms with Crippen LogP contribution in [0.15, 0.2) is 65.6 Å². The third-order valence-electron chi connectivity index (χ3n) is 13.3. The van der Waals surface area contributed by atoms with Crippen molar-refractivity contribution in [3.05, 3.63) is 72.1 Å². The van der Waals surface area contributed by atoms with Gasteiger partial charge >= 0.3 is 6.09 Å². The maximum absolute atomic E-state index is 15.1. The van der Waals surface area contributed by atoms with E-state index in [1.165, 1.54) is 19.3 Å². The lowest BCUT2D eigenvalue weighted by atomic mass is 9.58. The average molecular weight is 809 g/mol. The Labute approximate surface area is 338 Å².